The Kier molecular flexibility index (Phi) is 1.39. The second kappa shape index (κ2) is 2.73. The highest BCUT2D eigenvalue weighted by atomic mass is 14.1. The van der Waals surface area contributed by atoms with Gasteiger partial charge in [0.05, 0.1) is 0 Å². The van der Waals surface area contributed by atoms with Crippen molar-refractivity contribution < 1.29 is 0 Å². The maximum Gasteiger partial charge on any atom is -0.00987 e. The molecule has 0 aliphatic rings. The van der Waals surface area contributed by atoms with E-state index < -0.39 is 0 Å². The molecule has 0 fully saturated rings. The van der Waals surface area contributed by atoms with Crippen LogP contribution in [-0.2, 0) is 0 Å². The second-order valence-corrected chi connectivity index (χ2v) is 4.25. The van der Waals surface area contributed by atoms with Gasteiger partial charge < -0.3 is 0 Å². The first-order valence-electron chi connectivity index (χ1n) is 5.57. The number of hydrogen-bond donors (Lipinski definition) is 0. The first-order chi connectivity index (χ1) is 7.95. The zero-order valence-corrected chi connectivity index (χ0v) is 8.77. The summed E-state index contributed by atoms with van der Waals surface area (Å²) in [4.78, 5) is 0. The maximum atomic E-state index is 2.24. The maximum absolute atomic E-state index is 2.24. The summed E-state index contributed by atoms with van der Waals surface area (Å²) in [5.41, 5.74) is 0. The van der Waals surface area contributed by atoms with Gasteiger partial charge in [-0.2, -0.15) is 0 Å². The number of fused-ring (bicyclic) bond motifs is 1. The predicted molar refractivity (Wildman–Crippen MR) is 70.1 cm³/mol. The highest BCUT2D eigenvalue weighted by Crippen LogP contribution is 2.36. The van der Waals surface area contributed by atoms with E-state index in [9.17, 15) is 0 Å². The summed E-state index contributed by atoms with van der Waals surface area (Å²) in [6, 6.07) is 21.8. The van der Waals surface area contributed by atoms with E-state index in [0.29, 0.717) is 0 Å². The van der Waals surface area contributed by atoms with Crippen LogP contribution in [-0.4, -0.2) is 0 Å². The average molecular weight is 202 g/mol. The Bertz CT molecular complexity index is 668. The number of rotatable bonds is 0. The molecule has 5 aromatic rings. The van der Waals surface area contributed by atoms with Crippen LogP contribution in [0.15, 0.2) is 60.7 Å². The van der Waals surface area contributed by atoms with E-state index in [0.717, 1.165) is 0 Å². The zero-order chi connectivity index (χ0) is 10.5. The van der Waals surface area contributed by atoms with E-state index in [-0.39, 0.29) is 0 Å². The topological polar surface area (TPSA) is 0 Å². The Morgan fingerprint density at radius 2 is 0.562 bits per heavy atom. The van der Waals surface area contributed by atoms with Crippen molar-refractivity contribution in [1.29, 1.82) is 0 Å². The molecule has 0 aromatic heterocycles. The normalized spacial score (nSPS) is 11.8. The van der Waals surface area contributed by atoms with Crippen LogP contribution in [0.2, 0.25) is 0 Å². The Hall–Kier alpha value is -2.08. The van der Waals surface area contributed by atoms with Crippen LogP contribution in [0.3, 0.4) is 0 Å². The molecule has 0 N–H and O–H groups in total. The lowest BCUT2D eigenvalue weighted by atomic mass is 9.92. The third-order valence-corrected chi connectivity index (χ3v) is 3.43. The molecule has 0 atom stereocenters. The second-order valence-electron chi connectivity index (χ2n) is 4.25. The van der Waals surface area contributed by atoms with Gasteiger partial charge >= 0.3 is 0 Å². The standard InChI is InChI=1S/C16H10/c1-2-6-12-11(5-1)15-9-10-16(12)14-8-4-3-7-13(14)15/h1-10H. The molecule has 2 bridgehead atoms. The molecule has 0 nitrogen and oxygen atoms in total. The monoisotopic (exact) mass is 202 g/mol. The molecule has 0 saturated heterocycles. The summed E-state index contributed by atoms with van der Waals surface area (Å²) in [6.45, 7) is 0. The minimum atomic E-state index is 1.36. The molecule has 0 spiro atoms. The Morgan fingerprint density at radius 1 is 0.312 bits per heavy atom. The van der Waals surface area contributed by atoms with Crippen LogP contribution in [0.5, 0.6) is 0 Å². The molecule has 5 rings (SSSR count). The molecule has 74 valence electrons. The van der Waals surface area contributed by atoms with Gasteiger partial charge in [0.15, 0.2) is 0 Å². The van der Waals surface area contributed by atoms with Gasteiger partial charge in [0.2, 0.25) is 0 Å². The van der Waals surface area contributed by atoms with Gasteiger partial charge in [-0.1, -0.05) is 60.7 Å². The van der Waals surface area contributed by atoms with Crippen molar-refractivity contribution in [2.45, 2.75) is 0 Å². The lowest BCUT2D eigenvalue weighted by Crippen LogP contribution is -1.84. The molecule has 0 heteroatoms. The van der Waals surface area contributed by atoms with Crippen LogP contribution in [0.1, 0.15) is 0 Å². The zero-order valence-electron chi connectivity index (χ0n) is 8.77. The van der Waals surface area contributed by atoms with Crippen molar-refractivity contribution in [2.24, 2.45) is 0 Å². The SMILES string of the molecule is c1ccc2c(c1)c1ccc2c2ccccc21. The lowest BCUT2D eigenvalue weighted by Gasteiger charge is -2.11. The van der Waals surface area contributed by atoms with Crippen LogP contribution in [0.25, 0.3) is 32.3 Å². The number of hydrogen-bond acceptors (Lipinski definition) is 0. The van der Waals surface area contributed by atoms with Gasteiger partial charge in [0, 0.05) is 0 Å². The van der Waals surface area contributed by atoms with Crippen molar-refractivity contribution in [3.8, 4) is 0 Å². The fourth-order valence-electron chi connectivity index (χ4n) is 2.72. The number of benzene rings is 5. The van der Waals surface area contributed by atoms with E-state index in [1.165, 1.54) is 32.3 Å². The van der Waals surface area contributed by atoms with Crippen molar-refractivity contribution >= 4 is 32.3 Å². The van der Waals surface area contributed by atoms with E-state index in [1.54, 1.807) is 0 Å². The Labute approximate surface area is 93.5 Å². The molecule has 5 aromatic carbocycles. The van der Waals surface area contributed by atoms with E-state index in [2.05, 4.69) is 60.7 Å². The summed E-state index contributed by atoms with van der Waals surface area (Å²) in [5.74, 6) is 0. The van der Waals surface area contributed by atoms with Crippen molar-refractivity contribution in [2.75, 3.05) is 0 Å². The molecule has 0 radical (unpaired) electrons. The molecule has 0 amide bonds. The minimum Gasteiger partial charge on any atom is -0.0616 e. The summed E-state index contributed by atoms with van der Waals surface area (Å²) < 4.78 is 0. The molecule has 0 aliphatic heterocycles. The average Bonchev–Trinajstić information content (AvgIpc) is 2.40. The summed E-state index contributed by atoms with van der Waals surface area (Å²) in [7, 11) is 0. The quantitative estimate of drug-likeness (QED) is 0.366. The molecular formula is C16H10. The first kappa shape index (κ1) is 8.12. The van der Waals surface area contributed by atoms with Gasteiger partial charge in [-0.3, -0.25) is 0 Å². The van der Waals surface area contributed by atoms with Crippen molar-refractivity contribution in [3.05, 3.63) is 60.7 Å². The van der Waals surface area contributed by atoms with Gasteiger partial charge in [0.25, 0.3) is 0 Å². The lowest BCUT2D eigenvalue weighted by molar-refractivity contribution is 1.78. The fourth-order valence-corrected chi connectivity index (χ4v) is 2.72. The van der Waals surface area contributed by atoms with E-state index in [4.69, 9.17) is 0 Å². The highest BCUT2D eigenvalue weighted by molar-refractivity contribution is 6.26. The molecule has 0 aliphatic carbocycles. The molecule has 0 unspecified atom stereocenters. The van der Waals surface area contributed by atoms with E-state index in [1.807, 2.05) is 0 Å². The Balaban J connectivity index is 2.48. The summed E-state index contributed by atoms with van der Waals surface area (Å²) in [6.07, 6.45) is 0. The smallest absolute Gasteiger partial charge is 0.00987 e. The van der Waals surface area contributed by atoms with Gasteiger partial charge in [-0.05, 0) is 32.3 Å². The summed E-state index contributed by atoms with van der Waals surface area (Å²) in [5, 5.41) is 8.22. The van der Waals surface area contributed by atoms with E-state index >= 15 is 0 Å². The third-order valence-electron chi connectivity index (χ3n) is 3.43. The Morgan fingerprint density at radius 3 is 0.875 bits per heavy atom. The molecule has 0 heterocycles. The molecule has 16 heavy (non-hydrogen) atoms. The van der Waals surface area contributed by atoms with Gasteiger partial charge in [-0.15, -0.1) is 0 Å². The predicted octanol–water partition coefficient (Wildman–Crippen LogP) is 4.58. The van der Waals surface area contributed by atoms with Crippen LogP contribution < -0.4 is 0 Å². The van der Waals surface area contributed by atoms with Crippen molar-refractivity contribution in [3.63, 3.8) is 0 Å². The molecule has 0 saturated carbocycles. The highest BCUT2D eigenvalue weighted by Gasteiger charge is 2.08. The van der Waals surface area contributed by atoms with Crippen LogP contribution in [0.4, 0.5) is 0 Å². The van der Waals surface area contributed by atoms with Crippen LogP contribution in [0, 0.1) is 0 Å². The third kappa shape index (κ3) is 0.849. The van der Waals surface area contributed by atoms with Crippen LogP contribution >= 0.6 is 0 Å². The van der Waals surface area contributed by atoms with Crippen molar-refractivity contribution in [1.82, 2.24) is 0 Å². The largest absolute Gasteiger partial charge is 0.0616 e. The minimum absolute atomic E-state index is 1.36. The van der Waals surface area contributed by atoms with Gasteiger partial charge in [0.1, 0.15) is 0 Å². The summed E-state index contributed by atoms with van der Waals surface area (Å²) >= 11 is 0. The van der Waals surface area contributed by atoms with Gasteiger partial charge in [-0.25, -0.2) is 0 Å². The molecular weight excluding hydrogens is 192 g/mol. The first-order valence-corrected chi connectivity index (χ1v) is 5.57. The fraction of sp³-hybridized carbons (Fsp3) is 0.